The van der Waals surface area contributed by atoms with Crippen LogP contribution in [0.4, 0.5) is 0 Å². The van der Waals surface area contributed by atoms with Crippen LogP contribution in [-0.2, 0) is 14.3 Å². The Morgan fingerprint density at radius 3 is 2.50 bits per heavy atom. The van der Waals surface area contributed by atoms with E-state index in [1.807, 2.05) is 0 Å². The lowest BCUT2D eigenvalue weighted by Gasteiger charge is -2.01. The number of aliphatic hydroxyl groups is 1. The van der Waals surface area contributed by atoms with Crippen molar-refractivity contribution in [3.05, 3.63) is 0 Å². The average molecular weight is 303 g/mol. The Kier molecular flexibility index (Phi) is 10.0. The molecule has 0 bridgehead atoms. The molecule has 0 saturated carbocycles. The molecule has 1 N–H and O–H groups in total. The van der Waals surface area contributed by atoms with Gasteiger partial charge in [-0.2, -0.15) is 0 Å². The topological polar surface area (TPSA) is 63.6 Å². The van der Waals surface area contributed by atoms with Gasteiger partial charge in [0.15, 0.2) is 0 Å². The molecule has 0 aromatic heterocycles. The Morgan fingerprint density at radius 1 is 1.29 bits per heavy atom. The van der Waals surface area contributed by atoms with Gasteiger partial charge in [-0.25, -0.2) is 4.79 Å². The molecule has 0 radical (unpaired) electrons. The number of esters is 1. The molecule has 0 atom stereocenters. The van der Waals surface area contributed by atoms with E-state index >= 15 is 0 Å². The predicted octanol–water partition coefficient (Wildman–Crippen LogP) is 0.867. The minimum Gasteiger partial charge on any atom is -0.459 e. The third kappa shape index (κ3) is 7.66. The second-order valence-electron chi connectivity index (χ2n) is 2.06. The van der Waals surface area contributed by atoms with Crippen LogP contribution in [0.2, 0.25) is 0 Å². The average Bonchev–Trinajstić information content (AvgIpc) is 2.21. The molecule has 0 spiro atoms. The molecule has 0 aliphatic rings. The maximum Gasteiger partial charge on any atom is 0.375 e. The van der Waals surface area contributed by atoms with E-state index in [4.69, 9.17) is 5.11 Å². The first kappa shape index (κ1) is 14.3. The van der Waals surface area contributed by atoms with Crippen molar-refractivity contribution in [1.29, 1.82) is 0 Å². The van der Waals surface area contributed by atoms with Gasteiger partial charge in [-0.3, -0.25) is 4.79 Å². The Bertz CT molecular complexity index is 189. The molecule has 0 fully saturated rings. The van der Waals surface area contributed by atoms with Crippen LogP contribution in [0.25, 0.3) is 0 Å². The van der Waals surface area contributed by atoms with Gasteiger partial charge >= 0.3 is 5.97 Å². The fraction of sp³-hybridized carbons (Fsp3) is 0.714. The van der Waals surface area contributed by atoms with Gasteiger partial charge in [0.1, 0.15) is 6.61 Å². The van der Waals surface area contributed by atoms with Gasteiger partial charge in [-0.15, -0.1) is 0 Å². The molecule has 0 rings (SSSR count). The van der Waals surface area contributed by atoms with Crippen LogP contribution in [0, 0.1) is 0 Å². The Balaban J connectivity index is 3.27. The highest BCUT2D eigenvalue weighted by atomic mass is 79.9. The number of hydrogen-bond donors (Lipinski definition) is 1. The van der Waals surface area contributed by atoms with Gasteiger partial charge < -0.3 is 9.84 Å². The van der Waals surface area contributed by atoms with Crippen molar-refractivity contribution >= 4 is 49.3 Å². The summed E-state index contributed by atoms with van der Waals surface area (Å²) in [5.74, 6) is -0.0992. The van der Waals surface area contributed by atoms with Crippen molar-refractivity contribution in [1.82, 2.24) is 0 Å². The summed E-state index contributed by atoms with van der Waals surface area (Å²) in [6.07, 6.45) is 0. The van der Waals surface area contributed by atoms with E-state index in [1.54, 1.807) is 0 Å². The summed E-state index contributed by atoms with van der Waals surface area (Å²) in [7, 11) is 3.00. The molecular weight excluding hydrogens is 292 g/mol. The fourth-order valence-electron chi connectivity index (χ4n) is 0.459. The minimum atomic E-state index is -0.797. The molecule has 0 aromatic rings. The largest absolute Gasteiger partial charge is 0.459 e. The molecule has 0 unspecified atom stereocenters. The maximum atomic E-state index is 10.8. The number of carbonyl (C=O) groups is 2. The number of aliphatic hydroxyl groups excluding tert-OH is 1. The summed E-state index contributed by atoms with van der Waals surface area (Å²) in [6, 6.07) is 0. The number of hydrogen-bond acceptors (Lipinski definition) is 6. The van der Waals surface area contributed by atoms with E-state index in [9.17, 15) is 9.59 Å². The molecule has 82 valence electrons. The van der Waals surface area contributed by atoms with E-state index in [1.165, 1.54) is 21.6 Å². The minimum absolute atomic E-state index is 0.00175. The monoisotopic (exact) mass is 302 g/mol. The van der Waals surface area contributed by atoms with E-state index < -0.39 is 11.8 Å². The van der Waals surface area contributed by atoms with Crippen molar-refractivity contribution < 1.29 is 19.4 Å². The number of Topliss-reactive ketones (excluding diaryl/α,β-unsaturated/α-hetero) is 1. The zero-order valence-corrected chi connectivity index (χ0v) is 10.6. The summed E-state index contributed by atoms with van der Waals surface area (Å²) >= 11 is 2.87. The Labute approximate surface area is 98.7 Å². The lowest BCUT2D eigenvalue weighted by molar-refractivity contribution is -0.152. The van der Waals surface area contributed by atoms with Crippen LogP contribution < -0.4 is 0 Å². The van der Waals surface area contributed by atoms with Crippen molar-refractivity contribution in [2.75, 3.05) is 30.0 Å². The molecule has 0 heterocycles. The lowest BCUT2D eigenvalue weighted by atomic mass is 10.5. The van der Waals surface area contributed by atoms with Gasteiger partial charge in [-0.05, 0) is 0 Å². The van der Waals surface area contributed by atoms with Gasteiger partial charge in [0, 0.05) is 11.5 Å². The van der Waals surface area contributed by atoms with Gasteiger partial charge in [0.05, 0.1) is 11.9 Å². The fourth-order valence-corrected chi connectivity index (χ4v) is 2.28. The number of rotatable bonds is 8. The number of carbonyl (C=O) groups excluding carboxylic acids is 2. The van der Waals surface area contributed by atoms with E-state index in [2.05, 4.69) is 20.7 Å². The molecule has 4 nitrogen and oxygen atoms in total. The maximum absolute atomic E-state index is 10.8. The SMILES string of the molecule is O=C(CBr)C(=O)OCCSSCCO. The quantitative estimate of drug-likeness (QED) is 0.236. The summed E-state index contributed by atoms with van der Waals surface area (Å²) in [5, 5.41) is 8.44. The summed E-state index contributed by atoms with van der Waals surface area (Å²) in [4.78, 5) is 21.5. The summed E-state index contributed by atoms with van der Waals surface area (Å²) in [5.41, 5.74) is 0. The summed E-state index contributed by atoms with van der Waals surface area (Å²) < 4.78 is 4.66. The van der Waals surface area contributed by atoms with E-state index in [-0.39, 0.29) is 18.5 Å². The molecule has 0 aromatic carbocycles. The molecule has 0 amide bonds. The standard InChI is InChI=1S/C7H11BrO4S2/c8-5-6(10)7(11)12-2-4-14-13-3-1-9/h9H,1-5H2. The second kappa shape index (κ2) is 9.82. The first-order valence-corrected chi connectivity index (χ1v) is 7.44. The first-order chi connectivity index (χ1) is 6.72. The first-order valence-electron chi connectivity index (χ1n) is 3.83. The van der Waals surface area contributed by atoms with Crippen LogP contribution in [0.15, 0.2) is 0 Å². The van der Waals surface area contributed by atoms with Crippen LogP contribution >= 0.6 is 37.5 Å². The molecule has 0 aliphatic heterocycles. The van der Waals surface area contributed by atoms with Crippen molar-refractivity contribution in [2.45, 2.75) is 0 Å². The van der Waals surface area contributed by atoms with Gasteiger partial charge in [0.25, 0.3) is 0 Å². The van der Waals surface area contributed by atoms with Gasteiger partial charge in [0.2, 0.25) is 5.78 Å². The highest BCUT2D eigenvalue weighted by Crippen LogP contribution is 2.19. The van der Waals surface area contributed by atoms with Crippen LogP contribution in [0.3, 0.4) is 0 Å². The Morgan fingerprint density at radius 2 is 1.93 bits per heavy atom. The molecule has 14 heavy (non-hydrogen) atoms. The predicted molar refractivity (Wildman–Crippen MR) is 61.8 cm³/mol. The second-order valence-corrected chi connectivity index (χ2v) is 5.32. The van der Waals surface area contributed by atoms with Crippen molar-refractivity contribution in [3.63, 3.8) is 0 Å². The molecular formula is C7H11BrO4S2. The van der Waals surface area contributed by atoms with Crippen LogP contribution in [0.5, 0.6) is 0 Å². The molecule has 0 aliphatic carbocycles. The van der Waals surface area contributed by atoms with Crippen molar-refractivity contribution in [3.8, 4) is 0 Å². The van der Waals surface area contributed by atoms with Gasteiger partial charge in [-0.1, -0.05) is 37.5 Å². The molecule has 7 heteroatoms. The zero-order valence-electron chi connectivity index (χ0n) is 7.40. The number of halogens is 1. The number of ether oxygens (including phenoxy) is 1. The highest BCUT2D eigenvalue weighted by molar-refractivity contribution is 9.09. The number of alkyl halides is 1. The third-order valence-corrected chi connectivity index (χ3v) is 3.87. The lowest BCUT2D eigenvalue weighted by Crippen LogP contribution is -2.19. The third-order valence-electron chi connectivity index (χ3n) is 1.01. The number of ketones is 1. The Hall–Kier alpha value is 0.280. The van der Waals surface area contributed by atoms with E-state index in [0.717, 1.165) is 0 Å². The summed E-state index contributed by atoms with van der Waals surface area (Å²) in [6.45, 7) is 0.361. The smallest absolute Gasteiger partial charge is 0.375 e. The van der Waals surface area contributed by atoms with Crippen molar-refractivity contribution in [2.24, 2.45) is 0 Å². The van der Waals surface area contributed by atoms with E-state index in [0.29, 0.717) is 11.5 Å². The molecule has 0 saturated heterocycles. The highest BCUT2D eigenvalue weighted by Gasteiger charge is 2.12. The zero-order chi connectivity index (χ0) is 10.8. The van der Waals surface area contributed by atoms with Crippen LogP contribution in [-0.4, -0.2) is 46.9 Å². The van der Waals surface area contributed by atoms with Crippen LogP contribution in [0.1, 0.15) is 0 Å². The normalized spacial score (nSPS) is 9.86.